The van der Waals surface area contributed by atoms with Crippen molar-refractivity contribution in [2.75, 3.05) is 11.9 Å². The molecule has 0 aromatic heterocycles. The summed E-state index contributed by atoms with van der Waals surface area (Å²) in [7, 11) is 0. The molecule has 3 rings (SSSR count). The highest BCUT2D eigenvalue weighted by Gasteiger charge is 2.06. The Kier molecular flexibility index (Phi) is 5.92. The van der Waals surface area contributed by atoms with Crippen molar-refractivity contribution >= 4 is 27.5 Å². The molecule has 5 heteroatoms. The van der Waals surface area contributed by atoms with Crippen molar-refractivity contribution in [3.63, 3.8) is 0 Å². The Labute approximate surface area is 160 Å². The van der Waals surface area contributed by atoms with E-state index < -0.39 is 0 Å². The van der Waals surface area contributed by atoms with Crippen molar-refractivity contribution in [3.05, 3.63) is 82.8 Å². The fourth-order valence-electron chi connectivity index (χ4n) is 2.32. The molecule has 0 saturated carbocycles. The Hall–Kier alpha value is -2.79. The Morgan fingerprint density at radius 3 is 1.96 bits per heavy atom. The summed E-state index contributed by atoms with van der Waals surface area (Å²) in [5.41, 5.74) is 1.31. The molecule has 0 aliphatic rings. The molecule has 0 radical (unpaired) electrons. The molecule has 0 bridgehead atoms. The number of rotatable bonds is 6. The second-order valence-corrected chi connectivity index (χ2v) is 6.41. The van der Waals surface area contributed by atoms with Crippen LogP contribution in [0, 0.1) is 0 Å². The predicted molar refractivity (Wildman–Crippen MR) is 106 cm³/mol. The molecule has 3 aromatic rings. The number of carbonyl (C=O) groups excluding carboxylic acids is 1. The van der Waals surface area contributed by atoms with Gasteiger partial charge in [-0.2, -0.15) is 0 Å². The second-order valence-electron chi connectivity index (χ2n) is 5.49. The van der Waals surface area contributed by atoms with Crippen LogP contribution in [0.15, 0.2) is 77.3 Å². The molecule has 3 aromatic carbocycles. The summed E-state index contributed by atoms with van der Waals surface area (Å²) in [6.07, 6.45) is 0. The molecule has 0 aliphatic heterocycles. The van der Waals surface area contributed by atoms with Gasteiger partial charge in [0.2, 0.25) is 0 Å². The van der Waals surface area contributed by atoms with Crippen molar-refractivity contribution < 1.29 is 14.3 Å². The van der Waals surface area contributed by atoms with Crippen LogP contribution in [-0.2, 0) is 0 Å². The smallest absolute Gasteiger partial charge is 0.255 e. The van der Waals surface area contributed by atoms with Crippen molar-refractivity contribution in [3.8, 4) is 17.2 Å². The van der Waals surface area contributed by atoms with Gasteiger partial charge in [-0.3, -0.25) is 4.79 Å². The van der Waals surface area contributed by atoms with Crippen LogP contribution in [0.1, 0.15) is 17.3 Å². The Morgan fingerprint density at radius 1 is 0.846 bits per heavy atom. The van der Waals surface area contributed by atoms with Gasteiger partial charge in [0, 0.05) is 15.7 Å². The van der Waals surface area contributed by atoms with Crippen LogP contribution in [0.25, 0.3) is 0 Å². The number of hydrogen-bond donors (Lipinski definition) is 1. The van der Waals surface area contributed by atoms with Crippen molar-refractivity contribution in [2.24, 2.45) is 0 Å². The minimum atomic E-state index is -0.155. The molecule has 26 heavy (non-hydrogen) atoms. The lowest BCUT2D eigenvalue weighted by molar-refractivity contribution is 0.102. The molecule has 1 amide bonds. The molecule has 0 atom stereocenters. The van der Waals surface area contributed by atoms with Gasteiger partial charge in [0.15, 0.2) is 0 Å². The van der Waals surface area contributed by atoms with Crippen LogP contribution in [0.2, 0.25) is 0 Å². The number of amides is 1. The maximum atomic E-state index is 12.2. The zero-order valence-electron chi connectivity index (χ0n) is 14.2. The molecule has 1 N–H and O–H groups in total. The van der Waals surface area contributed by atoms with Gasteiger partial charge in [0.25, 0.3) is 5.91 Å². The maximum absolute atomic E-state index is 12.2. The van der Waals surface area contributed by atoms with Gasteiger partial charge in [0.05, 0.1) is 6.61 Å². The standard InChI is InChI=1S/C21H18BrNO3/c1-2-25-18-11-13-20(14-12-18)26-19-9-7-17(8-10-19)23-21(24)15-3-5-16(22)6-4-15/h3-14H,2H2,1H3,(H,23,24). The summed E-state index contributed by atoms with van der Waals surface area (Å²) in [6.45, 7) is 2.58. The summed E-state index contributed by atoms with van der Waals surface area (Å²) in [6, 6.07) is 21.9. The fourth-order valence-corrected chi connectivity index (χ4v) is 2.58. The summed E-state index contributed by atoms with van der Waals surface area (Å²) in [5.74, 6) is 2.07. The van der Waals surface area contributed by atoms with Gasteiger partial charge in [-0.15, -0.1) is 0 Å². The number of carbonyl (C=O) groups is 1. The third-order valence-electron chi connectivity index (χ3n) is 3.59. The number of hydrogen-bond acceptors (Lipinski definition) is 3. The lowest BCUT2D eigenvalue weighted by Gasteiger charge is -2.09. The van der Waals surface area contributed by atoms with Gasteiger partial charge in [0.1, 0.15) is 17.2 Å². The first-order chi connectivity index (χ1) is 12.6. The first kappa shape index (κ1) is 18.0. The molecule has 4 nitrogen and oxygen atoms in total. The van der Waals surface area contributed by atoms with E-state index in [0.717, 1.165) is 16.0 Å². The van der Waals surface area contributed by atoms with Gasteiger partial charge < -0.3 is 14.8 Å². The van der Waals surface area contributed by atoms with Crippen LogP contribution in [-0.4, -0.2) is 12.5 Å². The van der Waals surface area contributed by atoms with E-state index in [1.807, 2.05) is 55.5 Å². The van der Waals surface area contributed by atoms with E-state index in [4.69, 9.17) is 9.47 Å². The van der Waals surface area contributed by atoms with Crippen molar-refractivity contribution in [1.82, 2.24) is 0 Å². The van der Waals surface area contributed by atoms with E-state index in [1.165, 1.54) is 0 Å². The zero-order chi connectivity index (χ0) is 18.4. The molecule has 0 spiro atoms. The van der Waals surface area contributed by atoms with E-state index in [0.29, 0.717) is 23.6 Å². The molecular formula is C21H18BrNO3. The number of ether oxygens (including phenoxy) is 2. The first-order valence-corrected chi connectivity index (χ1v) is 9.01. The van der Waals surface area contributed by atoms with Crippen LogP contribution >= 0.6 is 15.9 Å². The molecule has 0 unspecified atom stereocenters. The third-order valence-corrected chi connectivity index (χ3v) is 4.12. The number of anilines is 1. The normalized spacial score (nSPS) is 10.2. The largest absolute Gasteiger partial charge is 0.494 e. The van der Waals surface area contributed by atoms with E-state index in [-0.39, 0.29) is 5.91 Å². The highest BCUT2D eigenvalue weighted by molar-refractivity contribution is 9.10. The highest BCUT2D eigenvalue weighted by Crippen LogP contribution is 2.25. The van der Waals surface area contributed by atoms with E-state index in [9.17, 15) is 4.79 Å². The molecule has 0 saturated heterocycles. The quantitative estimate of drug-likeness (QED) is 0.549. The fraction of sp³-hybridized carbons (Fsp3) is 0.0952. The van der Waals surface area contributed by atoms with Gasteiger partial charge in [-0.25, -0.2) is 0 Å². The maximum Gasteiger partial charge on any atom is 0.255 e. The summed E-state index contributed by atoms with van der Waals surface area (Å²) < 4.78 is 12.1. The summed E-state index contributed by atoms with van der Waals surface area (Å²) >= 11 is 3.36. The monoisotopic (exact) mass is 411 g/mol. The minimum absolute atomic E-state index is 0.155. The lowest BCUT2D eigenvalue weighted by atomic mass is 10.2. The van der Waals surface area contributed by atoms with Gasteiger partial charge in [-0.1, -0.05) is 15.9 Å². The summed E-state index contributed by atoms with van der Waals surface area (Å²) in [4.78, 5) is 12.2. The van der Waals surface area contributed by atoms with Crippen molar-refractivity contribution in [1.29, 1.82) is 0 Å². The molecule has 0 heterocycles. The topological polar surface area (TPSA) is 47.6 Å². The van der Waals surface area contributed by atoms with Crippen LogP contribution in [0.3, 0.4) is 0 Å². The van der Waals surface area contributed by atoms with Gasteiger partial charge in [-0.05, 0) is 79.7 Å². The SMILES string of the molecule is CCOc1ccc(Oc2ccc(NC(=O)c3ccc(Br)cc3)cc2)cc1. The molecular weight excluding hydrogens is 394 g/mol. The van der Waals surface area contributed by atoms with Crippen LogP contribution in [0.5, 0.6) is 17.2 Å². The Bertz CT molecular complexity index is 859. The Balaban J connectivity index is 1.61. The summed E-state index contributed by atoms with van der Waals surface area (Å²) in [5, 5.41) is 2.86. The number of benzene rings is 3. The average molecular weight is 412 g/mol. The van der Waals surface area contributed by atoms with E-state index in [1.54, 1.807) is 24.3 Å². The zero-order valence-corrected chi connectivity index (χ0v) is 15.8. The van der Waals surface area contributed by atoms with Crippen LogP contribution < -0.4 is 14.8 Å². The molecule has 132 valence electrons. The Morgan fingerprint density at radius 2 is 1.38 bits per heavy atom. The lowest BCUT2D eigenvalue weighted by Crippen LogP contribution is -2.11. The minimum Gasteiger partial charge on any atom is -0.494 e. The van der Waals surface area contributed by atoms with Gasteiger partial charge >= 0.3 is 0 Å². The third kappa shape index (κ3) is 4.86. The van der Waals surface area contributed by atoms with E-state index >= 15 is 0 Å². The molecule has 0 aliphatic carbocycles. The van der Waals surface area contributed by atoms with E-state index in [2.05, 4.69) is 21.2 Å². The number of halogens is 1. The second kappa shape index (κ2) is 8.54. The number of nitrogens with one attached hydrogen (secondary N) is 1. The average Bonchev–Trinajstić information content (AvgIpc) is 2.66. The van der Waals surface area contributed by atoms with Crippen LogP contribution in [0.4, 0.5) is 5.69 Å². The molecule has 0 fully saturated rings. The van der Waals surface area contributed by atoms with Crippen molar-refractivity contribution in [2.45, 2.75) is 6.92 Å². The predicted octanol–water partition coefficient (Wildman–Crippen LogP) is 5.89. The first-order valence-electron chi connectivity index (χ1n) is 8.22. The highest BCUT2D eigenvalue weighted by atomic mass is 79.9.